The molecule has 1 amide bonds. The topological polar surface area (TPSA) is 32.3 Å². The second-order valence-corrected chi connectivity index (χ2v) is 6.04. The van der Waals surface area contributed by atoms with E-state index in [0.29, 0.717) is 0 Å². The number of hydrogen-bond donors (Lipinski definition) is 1. The summed E-state index contributed by atoms with van der Waals surface area (Å²) in [6.07, 6.45) is 3.52. The maximum Gasteiger partial charge on any atom is 0.242 e. The number of alkyl halides is 1. The van der Waals surface area contributed by atoms with Crippen LogP contribution < -0.4 is 5.32 Å². The highest BCUT2D eigenvalue weighted by Crippen LogP contribution is 2.21. The number of amides is 1. The zero-order chi connectivity index (χ0) is 14.4. The smallest absolute Gasteiger partial charge is 0.242 e. The van der Waals surface area contributed by atoms with Crippen molar-refractivity contribution in [1.29, 1.82) is 0 Å². The van der Waals surface area contributed by atoms with E-state index < -0.39 is 5.38 Å². The van der Waals surface area contributed by atoms with Crippen molar-refractivity contribution in [3.05, 3.63) is 35.9 Å². The van der Waals surface area contributed by atoms with Gasteiger partial charge < -0.3 is 10.2 Å². The number of nitrogens with zero attached hydrogens (tertiary/aromatic N) is 1. The number of carbonyl (C=O) groups is 1. The molecule has 1 heterocycles. The molecule has 1 aromatic rings. The first kappa shape index (κ1) is 15.3. The lowest BCUT2D eigenvalue weighted by Gasteiger charge is -2.28. The second-order valence-electron chi connectivity index (χ2n) is 5.60. The van der Waals surface area contributed by atoms with Crippen molar-refractivity contribution < 1.29 is 4.79 Å². The van der Waals surface area contributed by atoms with E-state index in [2.05, 4.69) is 17.3 Å². The van der Waals surface area contributed by atoms with E-state index in [-0.39, 0.29) is 5.91 Å². The Labute approximate surface area is 126 Å². The third-order valence-corrected chi connectivity index (χ3v) is 4.46. The van der Waals surface area contributed by atoms with Gasteiger partial charge in [0, 0.05) is 6.54 Å². The number of halogens is 1. The van der Waals surface area contributed by atoms with Crippen molar-refractivity contribution >= 4 is 17.5 Å². The second kappa shape index (κ2) is 7.65. The molecule has 4 heteroatoms. The van der Waals surface area contributed by atoms with Gasteiger partial charge in [-0.1, -0.05) is 30.3 Å². The Hall–Kier alpha value is -1.06. The molecule has 1 atom stereocenters. The summed E-state index contributed by atoms with van der Waals surface area (Å²) in [4.78, 5) is 14.3. The molecule has 1 saturated heterocycles. The lowest BCUT2D eigenvalue weighted by atomic mass is 9.94. The molecule has 0 bridgehead atoms. The molecule has 110 valence electrons. The minimum atomic E-state index is -0.589. The molecular weight excluding hydrogens is 272 g/mol. The summed E-state index contributed by atoms with van der Waals surface area (Å²) >= 11 is 6.18. The summed E-state index contributed by atoms with van der Waals surface area (Å²) in [5, 5.41) is 2.37. The molecule has 0 aliphatic carbocycles. The van der Waals surface area contributed by atoms with Gasteiger partial charge in [-0.3, -0.25) is 4.79 Å². The zero-order valence-corrected chi connectivity index (χ0v) is 12.8. The van der Waals surface area contributed by atoms with E-state index in [0.717, 1.165) is 24.4 Å². The van der Waals surface area contributed by atoms with Gasteiger partial charge in [0.25, 0.3) is 0 Å². The lowest BCUT2D eigenvalue weighted by molar-refractivity contribution is -0.120. The summed E-state index contributed by atoms with van der Waals surface area (Å²) in [6.45, 7) is 3.06. The van der Waals surface area contributed by atoms with Crippen LogP contribution in [0, 0.1) is 5.92 Å². The molecular formula is C16H23ClN2O. The fraction of sp³-hybridized carbons (Fsp3) is 0.562. The first-order valence-electron chi connectivity index (χ1n) is 7.32. The van der Waals surface area contributed by atoms with Crippen LogP contribution >= 0.6 is 11.6 Å². The molecule has 0 aromatic heterocycles. The lowest BCUT2D eigenvalue weighted by Crippen LogP contribution is -2.33. The molecule has 1 aliphatic rings. The first-order valence-corrected chi connectivity index (χ1v) is 7.75. The number of likely N-dealkylation sites (tertiary alicyclic amines) is 1. The average Bonchev–Trinajstić information content (AvgIpc) is 2.49. The molecule has 1 N–H and O–H groups in total. The first-order chi connectivity index (χ1) is 9.66. The third-order valence-electron chi connectivity index (χ3n) is 4.01. The molecule has 1 unspecified atom stereocenters. The van der Waals surface area contributed by atoms with Gasteiger partial charge in [0.05, 0.1) is 0 Å². The van der Waals surface area contributed by atoms with Crippen molar-refractivity contribution in [2.24, 2.45) is 5.92 Å². The Morgan fingerprint density at radius 3 is 2.65 bits per heavy atom. The van der Waals surface area contributed by atoms with Crippen molar-refractivity contribution in [3.63, 3.8) is 0 Å². The maximum absolute atomic E-state index is 12.0. The van der Waals surface area contributed by atoms with Gasteiger partial charge >= 0.3 is 0 Å². The monoisotopic (exact) mass is 294 g/mol. The fourth-order valence-corrected chi connectivity index (χ4v) is 2.84. The van der Waals surface area contributed by atoms with Gasteiger partial charge in [-0.2, -0.15) is 0 Å². The summed E-state index contributed by atoms with van der Waals surface area (Å²) in [5.41, 5.74) is 0.853. The number of benzene rings is 1. The minimum absolute atomic E-state index is 0.0919. The summed E-state index contributed by atoms with van der Waals surface area (Å²) < 4.78 is 0. The van der Waals surface area contributed by atoms with Crippen LogP contribution in [0.4, 0.5) is 0 Å². The molecule has 3 nitrogen and oxygen atoms in total. The van der Waals surface area contributed by atoms with E-state index in [1.807, 2.05) is 30.3 Å². The molecule has 2 rings (SSSR count). The Morgan fingerprint density at radius 1 is 1.35 bits per heavy atom. The summed E-state index contributed by atoms with van der Waals surface area (Å²) in [7, 11) is 2.16. The van der Waals surface area contributed by atoms with Gasteiger partial charge in [-0.25, -0.2) is 0 Å². The fourth-order valence-electron chi connectivity index (χ4n) is 2.61. The van der Waals surface area contributed by atoms with Crippen LogP contribution in [0.15, 0.2) is 30.3 Å². The van der Waals surface area contributed by atoms with Gasteiger partial charge in [0.1, 0.15) is 5.38 Å². The van der Waals surface area contributed by atoms with E-state index in [4.69, 9.17) is 11.6 Å². The van der Waals surface area contributed by atoms with E-state index in [1.165, 1.54) is 25.9 Å². The van der Waals surface area contributed by atoms with E-state index >= 15 is 0 Å². The SMILES string of the molecule is CN1CCC(CCNC(=O)C(Cl)c2ccccc2)CC1. The predicted octanol–water partition coefficient (Wildman–Crippen LogP) is 2.81. The number of carbonyl (C=O) groups excluding carboxylic acids is 1. The van der Waals surface area contributed by atoms with Crippen molar-refractivity contribution in [1.82, 2.24) is 10.2 Å². The standard InChI is InChI=1S/C16H23ClN2O/c1-19-11-8-13(9-12-19)7-10-18-16(20)15(17)14-5-3-2-4-6-14/h2-6,13,15H,7-12H2,1H3,(H,18,20). The molecule has 1 aromatic carbocycles. The number of rotatable bonds is 5. The Bertz CT molecular complexity index is 416. The Morgan fingerprint density at radius 2 is 2.00 bits per heavy atom. The highest BCUT2D eigenvalue weighted by atomic mass is 35.5. The van der Waals surface area contributed by atoms with Crippen LogP contribution in [0.2, 0.25) is 0 Å². The Kier molecular flexibility index (Phi) is 5.86. The zero-order valence-electron chi connectivity index (χ0n) is 12.0. The molecule has 0 spiro atoms. The number of hydrogen-bond acceptors (Lipinski definition) is 2. The Balaban J connectivity index is 1.70. The van der Waals surface area contributed by atoms with Gasteiger partial charge in [0.15, 0.2) is 0 Å². The van der Waals surface area contributed by atoms with Crippen LogP contribution in [0.5, 0.6) is 0 Å². The normalized spacial score (nSPS) is 18.7. The van der Waals surface area contributed by atoms with E-state index in [9.17, 15) is 4.79 Å². The van der Waals surface area contributed by atoms with Crippen molar-refractivity contribution in [2.75, 3.05) is 26.7 Å². The van der Waals surface area contributed by atoms with Crippen LogP contribution in [-0.4, -0.2) is 37.5 Å². The van der Waals surface area contributed by atoms with Crippen molar-refractivity contribution in [3.8, 4) is 0 Å². The van der Waals surface area contributed by atoms with Crippen LogP contribution in [-0.2, 0) is 4.79 Å². The average molecular weight is 295 g/mol. The van der Waals surface area contributed by atoms with Gasteiger partial charge in [-0.05, 0) is 50.9 Å². The molecule has 1 fully saturated rings. The highest BCUT2D eigenvalue weighted by Gasteiger charge is 2.19. The third kappa shape index (κ3) is 4.50. The molecule has 1 aliphatic heterocycles. The van der Waals surface area contributed by atoms with E-state index in [1.54, 1.807) is 0 Å². The van der Waals surface area contributed by atoms with Crippen molar-refractivity contribution in [2.45, 2.75) is 24.6 Å². The quantitative estimate of drug-likeness (QED) is 0.847. The predicted molar refractivity (Wildman–Crippen MR) is 82.9 cm³/mol. The molecule has 20 heavy (non-hydrogen) atoms. The summed E-state index contributed by atoms with van der Waals surface area (Å²) in [6, 6.07) is 9.49. The number of piperidine rings is 1. The minimum Gasteiger partial charge on any atom is -0.355 e. The molecule has 0 radical (unpaired) electrons. The van der Waals surface area contributed by atoms with Crippen LogP contribution in [0.3, 0.4) is 0 Å². The van der Waals surface area contributed by atoms with Crippen LogP contribution in [0.1, 0.15) is 30.2 Å². The maximum atomic E-state index is 12.0. The molecule has 0 saturated carbocycles. The highest BCUT2D eigenvalue weighted by molar-refractivity contribution is 6.30. The van der Waals surface area contributed by atoms with Crippen LogP contribution in [0.25, 0.3) is 0 Å². The summed E-state index contributed by atoms with van der Waals surface area (Å²) in [5.74, 6) is 0.641. The largest absolute Gasteiger partial charge is 0.355 e. The van der Waals surface area contributed by atoms with Gasteiger partial charge in [0.2, 0.25) is 5.91 Å². The number of nitrogens with one attached hydrogen (secondary N) is 1. The van der Waals surface area contributed by atoms with Gasteiger partial charge in [-0.15, -0.1) is 11.6 Å².